The molecule has 1 fully saturated rings. The zero-order chi connectivity index (χ0) is 24.0. The van der Waals surface area contributed by atoms with Crippen LogP contribution in [0.4, 0.5) is 4.39 Å². The molecule has 2 amide bonds. The molecule has 2 aromatic carbocycles. The minimum atomic E-state index is -0.387. The average Bonchev–Trinajstić information content (AvgIpc) is 3.44. The Kier molecular flexibility index (Phi) is 5.57. The number of benzene rings is 2. The molecule has 8 nitrogen and oxygen atoms in total. The largest absolute Gasteiger partial charge is 0.451 e. The number of rotatable bonds is 3. The van der Waals surface area contributed by atoms with E-state index in [1.54, 1.807) is 34.9 Å². The number of aromatic nitrogens is 3. The van der Waals surface area contributed by atoms with Crippen LogP contribution in [0, 0.1) is 12.7 Å². The molecule has 174 valence electrons. The van der Waals surface area contributed by atoms with Crippen molar-refractivity contribution in [3.05, 3.63) is 76.8 Å². The average molecular weight is 482 g/mol. The molecule has 5 rings (SSSR count). The van der Waals surface area contributed by atoms with Crippen molar-refractivity contribution in [2.45, 2.75) is 19.9 Å². The summed E-state index contributed by atoms with van der Waals surface area (Å²) in [6.07, 6.45) is 1.47. The van der Waals surface area contributed by atoms with Crippen LogP contribution in [-0.2, 0) is 0 Å². The second-order valence-corrected chi connectivity index (χ2v) is 8.72. The fourth-order valence-corrected chi connectivity index (χ4v) is 4.40. The van der Waals surface area contributed by atoms with Crippen molar-refractivity contribution < 1.29 is 18.4 Å². The van der Waals surface area contributed by atoms with E-state index in [1.165, 1.54) is 29.2 Å². The molecule has 0 saturated carbocycles. The zero-order valence-electron chi connectivity index (χ0n) is 18.5. The molecular formula is C24H21ClFN5O3. The quantitative estimate of drug-likeness (QED) is 0.440. The van der Waals surface area contributed by atoms with Gasteiger partial charge in [0.25, 0.3) is 11.8 Å². The van der Waals surface area contributed by atoms with Gasteiger partial charge in [0.2, 0.25) is 5.82 Å². The fraction of sp³-hybridized carbons (Fsp3) is 0.250. The Morgan fingerprint density at radius 1 is 1.15 bits per heavy atom. The summed E-state index contributed by atoms with van der Waals surface area (Å²) in [6.45, 7) is 4.59. The molecule has 4 aromatic rings. The van der Waals surface area contributed by atoms with E-state index < -0.39 is 0 Å². The molecule has 0 bridgehead atoms. The number of furan rings is 1. The summed E-state index contributed by atoms with van der Waals surface area (Å²) in [6, 6.07) is 11.0. The smallest absolute Gasteiger partial charge is 0.293 e. The molecule has 0 aliphatic carbocycles. The first-order valence-corrected chi connectivity index (χ1v) is 11.2. The number of carbonyl (C=O) groups is 2. The zero-order valence-corrected chi connectivity index (χ0v) is 19.3. The van der Waals surface area contributed by atoms with E-state index in [0.717, 1.165) is 0 Å². The van der Waals surface area contributed by atoms with Gasteiger partial charge in [0.1, 0.15) is 17.7 Å². The monoisotopic (exact) mass is 481 g/mol. The van der Waals surface area contributed by atoms with Gasteiger partial charge < -0.3 is 14.2 Å². The third kappa shape index (κ3) is 3.92. The van der Waals surface area contributed by atoms with Crippen LogP contribution in [0.25, 0.3) is 16.7 Å². The van der Waals surface area contributed by atoms with Crippen LogP contribution in [0.3, 0.4) is 0 Å². The number of carbonyl (C=O) groups excluding carboxylic acids is 2. The summed E-state index contributed by atoms with van der Waals surface area (Å²) in [5, 5.41) is 5.43. The molecule has 0 N–H and O–H groups in total. The van der Waals surface area contributed by atoms with Gasteiger partial charge >= 0.3 is 0 Å². The van der Waals surface area contributed by atoms with Crippen LogP contribution < -0.4 is 0 Å². The van der Waals surface area contributed by atoms with E-state index >= 15 is 0 Å². The van der Waals surface area contributed by atoms with Crippen LogP contribution in [0.1, 0.15) is 33.7 Å². The predicted molar refractivity (Wildman–Crippen MR) is 124 cm³/mol. The number of aryl methyl sites for hydroxylation is 1. The molecule has 1 saturated heterocycles. The van der Waals surface area contributed by atoms with Crippen molar-refractivity contribution in [1.82, 2.24) is 24.6 Å². The Morgan fingerprint density at radius 3 is 2.74 bits per heavy atom. The molecule has 0 spiro atoms. The maximum atomic E-state index is 13.6. The van der Waals surface area contributed by atoms with Gasteiger partial charge in [-0.1, -0.05) is 17.7 Å². The molecule has 34 heavy (non-hydrogen) atoms. The van der Waals surface area contributed by atoms with E-state index in [0.29, 0.717) is 46.9 Å². The summed E-state index contributed by atoms with van der Waals surface area (Å²) < 4.78 is 20.9. The van der Waals surface area contributed by atoms with E-state index in [1.807, 2.05) is 13.0 Å². The molecule has 0 unspecified atom stereocenters. The minimum Gasteiger partial charge on any atom is -0.451 e. The number of piperazine rings is 1. The summed E-state index contributed by atoms with van der Waals surface area (Å²) in [7, 11) is 0. The first kappa shape index (κ1) is 22.1. The van der Waals surface area contributed by atoms with Crippen LogP contribution in [0.2, 0.25) is 5.02 Å². The highest BCUT2D eigenvalue weighted by Gasteiger charge is 2.34. The molecule has 1 aliphatic heterocycles. The topological polar surface area (TPSA) is 84.5 Å². The highest BCUT2D eigenvalue weighted by Crippen LogP contribution is 2.28. The lowest BCUT2D eigenvalue weighted by molar-refractivity contribution is 0.0391. The molecular weight excluding hydrogens is 461 g/mol. The second kappa shape index (κ2) is 8.57. The Balaban J connectivity index is 1.30. The first-order valence-electron chi connectivity index (χ1n) is 10.8. The van der Waals surface area contributed by atoms with Gasteiger partial charge in [-0.25, -0.2) is 14.1 Å². The van der Waals surface area contributed by atoms with E-state index in [2.05, 4.69) is 10.1 Å². The second-order valence-electron chi connectivity index (χ2n) is 8.29. The number of fused-ring (bicyclic) bond motifs is 1. The van der Waals surface area contributed by atoms with E-state index in [4.69, 9.17) is 16.0 Å². The predicted octanol–water partition coefficient (Wildman–Crippen LogP) is 4.10. The number of nitrogens with zero attached hydrogens (tertiary/aromatic N) is 5. The molecule has 10 heteroatoms. The molecule has 2 aromatic heterocycles. The summed E-state index contributed by atoms with van der Waals surface area (Å²) in [5.74, 6) is -0.717. The Morgan fingerprint density at radius 2 is 1.97 bits per heavy atom. The number of hydrogen-bond donors (Lipinski definition) is 0. The first-order chi connectivity index (χ1) is 16.3. The van der Waals surface area contributed by atoms with Gasteiger partial charge in [-0.2, -0.15) is 0 Å². The Labute approximate surface area is 199 Å². The van der Waals surface area contributed by atoms with E-state index in [9.17, 15) is 14.0 Å². The lowest BCUT2D eigenvalue weighted by atomic mass is 10.1. The SMILES string of the molecule is Cc1c(C(=O)N2CCN(C(=O)c3ncn(-c4cccc(Cl)c4)n3)C[C@H]2C)oc2ccc(F)cc12. The molecule has 3 heterocycles. The van der Waals surface area contributed by atoms with Gasteiger partial charge in [-0.3, -0.25) is 9.59 Å². The minimum absolute atomic E-state index is 0.0714. The highest BCUT2D eigenvalue weighted by atomic mass is 35.5. The summed E-state index contributed by atoms with van der Waals surface area (Å²) in [5.41, 5.74) is 1.76. The number of hydrogen-bond acceptors (Lipinski definition) is 5. The van der Waals surface area contributed by atoms with Crippen molar-refractivity contribution in [2.75, 3.05) is 19.6 Å². The van der Waals surface area contributed by atoms with Gasteiger partial charge in [0.05, 0.1) is 5.69 Å². The van der Waals surface area contributed by atoms with Gasteiger partial charge in [0, 0.05) is 41.6 Å². The summed E-state index contributed by atoms with van der Waals surface area (Å²) in [4.78, 5) is 33.7. The molecule has 1 aliphatic rings. The number of halogens is 2. The lowest BCUT2D eigenvalue weighted by Crippen LogP contribution is -2.55. The lowest BCUT2D eigenvalue weighted by Gasteiger charge is -2.39. The Bertz CT molecular complexity index is 1410. The fourth-order valence-electron chi connectivity index (χ4n) is 4.22. The maximum Gasteiger partial charge on any atom is 0.293 e. The van der Waals surface area contributed by atoms with Crippen molar-refractivity contribution in [3.8, 4) is 5.69 Å². The standard InChI is InChI=1S/C24H21ClFN5O3/c1-14-12-29(24(33)22-27-13-31(28-22)18-5-3-4-16(25)10-18)8-9-30(14)23(32)21-15(2)19-11-17(26)6-7-20(19)34-21/h3-7,10-11,13-14H,8-9,12H2,1-2H3/t14-/m1/s1. The molecule has 0 radical (unpaired) electrons. The van der Waals surface area contributed by atoms with Gasteiger partial charge in [-0.15, -0.1) is 5.10 Å². The van der Waals surface area contributed by atoms with Crippen LogP contribution in [0.15, 0.2) is 53.2 Å². The summed E-state index contributed by atoms with van der Waals surface area (Å²) >= 11 is 6.03. The third-order valence-corrected chi connectivity index (χ3v) is 6.26. The van der Waals surface area contributed by atoms with Crippen LogP contribution >= 0.6 is 11.6 Å². The number of amides is 2. The normalized spacial score (nSPS) is 16.3. The van der Waals surface area contributed by atoms with Crippen molar-refractivity contribution in [1.29, 1.82) is 0 Å². The van der Waals surface area contributed by atoms with Crippen molar-refractivity contribution in [2.24, 2.45) is 0 Å². The van der Waals surface area contributed by atoms with Crippen molar-refractivity contribution in [3.63, 3.8) is 0 Å². The maximum absolute atomic E-state index is 13.6. The third-order valence-electron chi connectivity index (χ3n) is 6.02. The van der Waals surface area contributed by atoms with Gasteiger partial charge in [-0.05, 0) is 50.2 Å². The van der Waals surface area contributed by atoms with E-state index in [-0.39, 0.29) is 35.3 Å². The van der Waals surface area contributed by atoms with Crippen LogP contribution in [0.5, 0.6) is 0 Å². The van der Waals surface area contributed by atoms with Crippen molar-refractivity contribution >= 4 is 34.4 Å². The Hall–Kier alpha value is -3.72. The molecule has 1 atom stereocenters. The van der Waals surface area contributed by atoms with Crippen LogP contribution in [-0.4, -0.2) is 62.1 Å². The van der Waals surface area contributed by atoms with Gasteiger partial charge in [0.15, 0.2) is 5.76 Å². The highest BCUT2D eigenvalue weighted by molar-refractivity contribution is 6.30.